The van der Waals surface area contributed by atoms with E-state index in [0.29, 0.717) is 17.7 Å². The molecule has 1 heterocycles. The molecule has 0 aliphatic carbocycles. The van der Waals surface area contributed by atoms with Gasteiger partial charge in [-0.3, -0.25) is 4.79 Å². The first-order valence-corrected chi connectivity index (χ1v) is 8.57. The molecule has 0 N–H and O–H groups in total. The molecule has 1 aromatic carbocycles. The van der Waals surface area contributed by atoms with Crippen LogP contribution in [-0.2, 0) is 26.0 Å². The maximum Gasteiger partial charge on any atom is 0.302 e. The van der Waals surface area contributed by atoms with Crippen LogP contribution in [0.25, 0.3) is 0 Å². The molecule has 1 aromatic rings. The van der Waals surface area contributed by atoms with E-state index in [0.717, 1.165) is 4.31 Å². The van der Waals surface area contributed by atoms with Crippen molar-refractivity contribution in [2.24, 2.45) is 0 Å². The lowest BCUT2D eigenvalue weighted by Crippen LogP contribution is -2.22. The Morgan fingerprint density at radius 1 is 1.41 bits per heavy atom. The van der Waals surface area contributed by atoms with Crippen LogP contribution in [0.3, 0.4) is 0 Å². The average Bonchev–Trinajstić information content (AvgIpc) is 2.83. The Bertz CT molecular complexity index is 718. The van der Waals surface area contributed by atoms with Crippen molar-refractivity contribution in [3.8, 4) is 5.75 Å². The van der Waals surface area contributed by atoms with E-state index in [2.05, 4.69) is 0 Å². The van der Waals surface area contributed by atoms with Crippen LogP contribution in [-0.4, -0.2) is 45.5 Å². The molecule has 0 spiro atoms. The van der Waals surface area contributed by atoms with Crippen molar-refractivity contribution in [2.75, 3.05) is 20.7 Å². The fraction of sp³-hybridized carbons (Fsp3) is 0.462. The molecule has 0 bridgehead atoms. The minimum Gasteiger partial charge on any atom is -0.485 e. The average molecular weight is 368 g/mol. The number of hydrogen-bond donors (Lipinski definition) is 0. The van der Waals surface area contributed by atoms with Crippen LogP contribution in [0.5, 0.6) is 5.75 Å². The lowest BCUT2D eigenvalue weighted by molar-refractivity contribution is -0.143. The summed E-state index contributed by atoms with van der Waals surface area (Å²) >= 11 is 12.2. The van der Waals surface area contributed by atoms with Gasteiger partial charge in [0, 0.05) is 33.0 Å². The third-order valence-corrected chi connectivity index (χ3v) is 5.97. The van der Waals surface area contributed by atoms with E-state index in [1.807, 2.05) is 0 Å². The van der Waals surface area contributed by atoms with Gasteiger partial charge in [-0.25, -0.2) is 12.7 Å². The molecule has 122 valence electrons. The number of nitrogens with zero attached hydrogens (tertiary/aromatic N) is 1. The summed E-state index contributed by atoms with van der Waals surface area (Å²) in [6.07, 6.45) is -0.0279. The van der Waals surface area contributed by atoms with Crippen LogP contribution >= 0.6 is 23.2 Å². The first kappa shape index (κ1) is 17.3. The number of rotatable bonds is 4. The molecule has 1 unspecified atom stereocenters. The summed E-state index contributed by atoms with van der Waals surface area (Å²) < 4.78 is 36.1. The van der Waals surface area contributed by atoms with E-state index in [4.69, 9.17) is 32.7 Å². The fourth-order valence-corrected chi connectivity index (χ4v) is 3.83. The maximum atomic E-state index is 12.3. The molecule has 0 fully saturated rings. The number of hydrogen-bond acceptors (Lipinski definition) is 5. The first-order valence-electron chi connectivity index (χ1n) is 6.38. The van der Waals surface area contributed by atoms with Gasteiger partial charge in [-0.1, -0.05) is 23.2 Å². The van der Waals surface area contributed by atoms with Gasteiger partial charge in [0.25, 0.3) is 0 Å². The van der Waals surface area contributed by atoms with Crippen molar-refractivity contribution in [2.45, 2.75) is 24.3 Å². The second-order valence-corrected chi connectivity index (χ2v) is 7.90. The molecule has 2 rings (SSSR count). The van der Waals surface area contributed by atoms with E-state index in [1.54, 1.807) is 0 Å². The van der Waals surface area contributed by atoms with Crippen LogP contribution in [0.15, 0.2) is 11.0 Å². The number of esters is 1. The van der Waals surface area contributed by atoms with Gasteiger partial charge in [-0.2, -0.15) is 0 Å². The number of ether oxygens (including phenoxy) is 2. The topological polar surface area (TPSA) is 72.9 Å². The smallest absolute Gasteiger partial charge is 0.302 e. The lowest BCUT2D eigenvalue weighted by Gasteiger charge is -2.15. The molecule has 0 saturated carbocycles. The van der Waals surface area contributed by atoms with E-state index in [-0.39, 0.29) is 21.5 Å². The van der Waals surface area contributed by atoms with Crippen molar-refractivity contribution in [3.63, 3.8) is 0 Å². The molecule has 22 heavy (non-hydrogen) atoms. The first-order chi connectivity index (χ1) is 10.1. The van der Waals surface area contributed by atoms with Gasteiger partial charge >= 0.3 is 5.97 Å². The summed E-state index contributed by atoms with van der Waals surface area (Å²) in [4.78, 5) is 10.8. The standard InChI is InChI=1S/C13H15Cl2NO5S/c1-7(17)20-6-9-4-8-5-10(22(18,19)16(2)3)11(14)12(15)13(8)21-9/h5,9H,4,6H2,1-3H3. The minimum atomic E-state index is -3.72. The molecule has 0 radical (unpaired) electrons. The third-order valence-electron chi connectivity index (χ3n) is 3.17. The Labute approximate surface area is 138 Å². The molecular weight excluding hydrogens is 353 g/mol. The van der Waals surface area contributed by atoms with Gasteiger partial charge in [-0.15, -0.1) is 0 Å². The quantitative estimate of drug-likeness (QED) is 0.762. The summed E-state index contributed by atoms with van der Waals surface area (Å²) in [5, 5.41) is -0.0350. The van der Waals surface area contributed by atoms with E-state index in [1.165, 1.54) is 27.1 Å². The Morgan fingerprint density at radius 3 is 2.59 bits per heavy atom. The number of carbonyl (C=O) groups excluding carboxylic acids is 1. The van der Waals surface area contributed by atoms with Crippen LogP contribution in [0, 0.1) is 0 Å². The summed E-state index contributed by atoms with van der Waals surface area (Å²) in [7, 11) is -0.900. The van der Waals surface area contributed by atoms with Gasteiger partial charge in [-0.05, 0) is 6.07 Å². The number of fused-ring (bicyclic) bond motifs is 1. The highest BCUT2D eigenvalue weighted by Gasteiger charge is 2.32. The monoisotopic (exact) mass is 367 g/mol. The molecule has 0 amide bonds. The van der Waals surface area contributed by atoms with E-state index in [9.17, 15) is 13.2 Å². The maximum absolute atomic E-state index is 12.3. The zero-order chi connectivity index (χ0) is 16.7. The second-order valence-electron chi connectivity index (χ2n) is 5.02. The van der Waals surface area contributed by atoms with E-state index >= 15 is 0 Å². The lowest BCUT2D eigenvalue weighted by atomic mass is 10.1. The SMILES string of the molecule is CC(=O)OCC1Cc2cc(S(=O)(=O)N(C)C)c(Cl)c(Cl)c2O1. The van der Waals surface area contributed by atoms with Crippen molar-refractivity contribution in [1.29, 1.82) is 0 Å². The molecule has 0 aromatic heterocycles. The molecular formula is C13H15Cl2NO5S. The number of halogens is 2. The zero-order valence-electron chi connectivity index (χ0n) is 12.2. The Morgan fingerprint density at radius 2 is 2.05 bits per heavy atom. The molecule has 0 saturated heterocycles. The highest BCUT2D eigenvalue weighted by Crippen LogP contribution is 2.44. The zero-order valence-corrected chi connectivity index (χ0v) is 14.5. The third kappa shape index (κ3) is 3.17. The highest BCUT2D eigenvalue weighted by atomic mass is 35.5. The Kier molecular flexibility index (Phi) is 4.91. The van der Waals surface area contributed by atoms with Crippen LogP contribution in [0.2, 0.25) is 10.0 Å². The second kappa shape index (κ2) is 6.23. The van der Waals surface area contributed by atoms with Crippen molar-refractivity contribution in [1.82, 2.24) is 4.31 Å². The van der Waals surface area contributed by atoms with Gasteiger partial charge in [0.1, 0.15) is 28.4 Å². The molecule has 9 heteroatoms. The predicted octanol–water partition coefficient (Wildman–Crippen LogP) is 2.11. The predicted molar refractivity (Wildman–Crippen MR) is 82.1 cm³/mol. The van der Waals surface area contributed by atoms with Crippen molar-refractivity contribution in [3.05, 3.63) is 21.7 Å². The summed E-state index contributed by atoms with van der Waals surface area (Å²) in [6.45, 7) is 1.36. The number of sulfonamides is 1. The van der Waals surface area contributed by atoms with Crippen LogP contribution < -0.4 is 4.74 Å². The molecule has 6 nitrogen and oxygen atoms in total. The summed E-state index contributed by atoms with van der Waals surface area (Å²) in [5.41, 5.74) is 0.618. The molecule has 1 aliphatic heterocycles. The largest absolute Gasteiger partial charge is 0.485 e. The molecule has 1 aliphatic rings. The summed E-state index contributed by atoms with van der Waals surface area (Å²) in [5.74, 6) is -0.0823. The van der Waals surface area contributed by atoms with Crippen LogP contribution in [0.4, 0.5) is 0 Å². The van der Waals surface area contributed by atoms with Crippen molar-refractivity contribution >= 4 is 39.2 Å². The fourth-order valence-electron chi connectivity index (χ4n) is 2.06. The Balaban J connectivity index is 2.38. The Hall–Kier alpha value is -1.02. The van der Waals surface area contributed by atoms with Gasteiger partial charge in [0.15, 0.2) is 0 Å². The normalized spacial score (nSPS) is 17.3. The van der Waals surface area contributed by atoms with E-state index < -0.39 is 22.1 Å². The van der Waals surface area contributed by atoms with Crippen molar-refractivity contribution < 1.29 is 22.7 Å². The minimum absolute atomic E-state index is 0.0462. The highest BCUT2D eigenvalue weighted by molar-refractivity contribution is 7.89. The van der Waals surface area contributed by atoms with Gasteiger partial charge < -0.3 is 9.47 Å². The summed E-state index contributed by atoms with van der Waals surface area (Å²) in [6, 6.07) is 1.45. The van der Waals surface area contributed by atoms with Gasteiger partial charge in [0.05, 0.1) is 5.02 Å². The molecule has 1 atom stereocenters. The number of benzene rings is 1. The van der Waals surface area contributed by atoms with Gasteiger partial charge in [0.2, 0.25) is 10.0 Å². The van der Waals surface area contributed by atoms with Crippen LogP contribution in [0.1, 0.15) is 12.5 Å². The number of carbonyl (C=O) groups is 1.